The molecule has 9 heteroatoms. The second-order valence-electron chi connectivity index (χ2n) is 5.79. The average molecular weight is 342 g/mol. The predicted octanol–water partition coefficient (Wildman–Crippen LogP) is 1.86. The van der Waals surface area contributed by atoms with E-state index in [2.05, 4.69) is 15.0 Å². The number of hydrogen-bond donors (Lipinski definition) is 1. The number of hydrogen-bond acceptors (Lipinski definition) is 6. The number of fused-ring (bicyclic) bond motifs is 1. The number of anilines is 1. The lowest BCUT2D eigenvalue weighted by Crippen LogP contribution is -2.21. The van der Waals surface area contributed by atoms with Gasteiger partial charge in [-0.2, -0.15) is 0 Å². The Morgan fingerprint density at radius 2 is 2.16 bits per heavy atom. The molecule has 3 rings (SSSR count). The fourth-order valence-corrected chi connectivity index (χ4v) is 2.78. The van der Waals surface area contributed by atoms with E-state index in [1.807, 2.05) is 22.6 Å². The summed E-state index contributed by atoms with van der Waals surface area (Å²) in [5.41, 5.74) is 0.379. The smallest absolute Gasteiger partial charge is 0.293 e. The molecule has 0 saturated heterocycles. The molecule has 130 valence electrons. The molecule has 0 fully saturated rings. The van der Waals surface area contributed by atoms with Gasteiger partial charge < -0.3 is 14.5 Å². The van der Waals surface area contributed by atoms with Crippen LogP contribution in [0, 0.1) is 17.0 Å². The first kappa shape index (κ1) is 16.6. The number of nitrogens with zero attached hydrogens (tertiary/aromatic N) is 5. The Balaban J connectivity index is 1.85. The molecule has 2 aromatic heterocycles. The van der Waals surface area contributed by atoms with Crippen LogP contribution in [0.2, 0.25) is 0 Å². The first-order valence-corrected chi connectivity index (χ1v) is 7.82. The van der Waals surface area contributed by atoms with Gasteiger partial charge in [0.05, 0.1) is 22.2 Å². The number of aryl methyl sites for hydroxylation is 2. The molecule has 1 N–H and O–H groups in total. The second-order valence-corrected chi connectivity index (χ2v) is 5.79. The summed E-state index contributed by atoms with van der Waals surface area (Å²) >= 11 is 0. The zero-order valence-corrected chi connectivity index (χ0v) is 14.0. The van der Waals surface area contributed by atoms with E-state index >= 15 is 0 Å². The zero-order chi connectivity index (χ0) is 18.0. The number of aromatic nitrogens is 4. The van der Waals surface area contributed by atoms with E-state index in [0.29, 0.717) is 17.7 Å². The molecule has 1 aromatic carbocycles. The van der Waals surface area contributed by atoms with Crippen molar-refractivity contribution in [3.8, 4) is 0 Å². The van der Waals surface area contributed by atoms with E-state index in [-0.39, 0.29) is 11.1 Å². The number of aromatic amines is 1. The minimum Gasteiger partial charge on any atom is -0.369 e. The first-order chi connectivity index (χ1) is 12.0. The zero-order valence-electron chi connectivity index (χ0n) is 14.0. The van der Waals surface area contributed by atoms with Crippen LogP contribution in [0.3, 0.4) is 0 Å². The summed E-state index contributed by atoms with van der Waals surface area (Å²) in [6, 6.07) is 2.87. The topological polar surface area (TPSA) is 110 Å². The van der Waals surface area contributed by atoms with Gasteiger partial charge in [0.15, 0.2) is 0 Å². The molecule has 2 heterocycles. The minimum atomic E-state index is -0.474. The van der Waals surface area contributed by atoms with Gasteiger partial charge in [-0.05, 0) is 19.4 Å². The maximum Gasteiger partial charge on any atom is 0.293 e. The van der Waals surface area contributed by atoms with Crippen molar-refractivity contribution in [2.24, 2.45) is 0 Å². The number of nitrogens with one attached hydrogen (secondary N) is 1. The van der Waals surface area contributed by atoms with Crippen LogP contribution >= 0.6 is 0 Å². The first-order valence-electron chi connectivity index (χ1n) is 7.82. The van der Waals surface area contributed by atoms with Gasteiger partial charge >= 0.3 is 0 Å². The van der Waals surface area contributed by atoms with E-state index in [4.69, 9.17) is 0 Å². The summed E-state index contributed by atoms with van der Waals surface area (Å²) in [6.07, 6.45) is 5.74. The molecule has 0 amide bonds. The Kier molecular flexibility index (Phi) is 4.46. The van der Waals surface area contributed by atoms with Crippen LogP contribution in [0.25, 0.3) is 10.9 Å². The fourth-order valence-electron chi connectivity index (χ4n) is 2.78. The molecule has 0 bridgehead atoms. The molecular formula is C16H18N6O3. The van der Waals surface area contributed by atoms with Gasteiger partial charge in [0.2, 0.25) is 0 Å². The van der Waals surface area contributed by atoms with E-state index in [0.717, 1.165) is 18.8 Å². The summed E-state index contributed by atoms with van der Waals surface area (Å²) in [6.45, 7) is 3.32. The Hall–Kier alpha value is -3.23. The lowest BCUT2D eigenvalue weighted by molar-refractivity contribution is -0.384. The fraction of sp³-hybridized carbons (Fsp3) is 0.312. The van der Waals surface area contributed by atoms with Gasteiger partial charge in [-0.3, -0.25) is 14.9 Å². The molecule has 0 aliphatic heterocycles. The number of nitro groups is 1. The molecule has 0 unspecified atom stereocenters. The summed E-state index contributed by atoms with van der Waals surface area (Å²) in [4.78, 5) is 35.3. The quantitative estimate of drug-likeness (QED) is 0.541. The van der Waals surface area contributed by atoms with Gasteiger partial charge in [-0.25, -0.2) is 9.97 Å². The molecule has 0 radical (unpaired) electrons. The molecule has 0 aliphatic rings. The van der Waals surface area contributed by atoms with Crippen molar-refractivity contribution in [2.75, 3.05) is 18.5 Å². The maximum atomic E-state index is 11.8. The highest BCUT2D eigenvalue weighted by Crippen LogP contribution is 2.30. The van der Waals surface area contributed by atoms with Gasteiger partial charge in [0.1, 0.15) is 11.5 Å². The summed E-state index contributed by atoms with van der Waals surface area (Å²) in [7, 11) is 1.79. The van der Waals surface area contributed by atoms with Crippen molar-refractivity contribution in [2.45, 2.75) is 19.9 Å². The van der Waals surface area contributed by atoms with Gasteiger partial charge in [-0.1, -0.05) is 0 Å². The number of imidazole rings is 1. The van der Waals surface area contributed by atoms with Crippen molar-refractivity contribution in [3.05, 3.63) is 57.1 Å². The van der Waals surface area contributed by atoms with Crippen LogP contribution < -0.4 is 10.5 Å². The lowest BCUT2D eigenvalue weighted by Gasteiger charge is -2.19. The third-order valence-electron chi connectivity index (χ3n) is 4.16. The Morgan fingerprint density at radius 3 is 2.84 bits per heavy atom. The number of H-pyrrole nitrogens is 1. The van der Waals surface area contributed by atoms with Crippen LogP contribution in [0.4, 0.5) is 11.4 Å². The van der Waals surface area contributed by atoms with Crippen molar-refractivity contribution in [1.82, 2.24) is 19.5 Å². The van der Waals surface area contributed by atoms with Gasteiger partial charge in [0.25, 0.3) is 11.2 Å². The SMILES string of the molecule is Cc1nccn1CCCN(C)c1cc2nc[nH]c(=O)c2cc1[N+](=O)[O-]. The lowest BCUT2D eigenvalue weighted by atomic mass is 10.1. The van der Waals surface area contributed by atoms with Crippen molar-refractivity contribution < 1.29 is 4.92 Å². The highest BCUT2D eigenvalue weighted by molar-refractivity contribution is 5.86. The Labute approximate surface area is 143 Å². The molecule has 3 aromatic rings. The van der Waals surface area contributed by atoms with E-state index < -0.39 is 10.5 Å². The number of rotatable bonds is 6. The maximum absolute atomic E-state index is 11.8. The Bertz CT molecular complexity index is 977. The molecule has 0 saturated carbocycles. The molecule has 0 spiro atoms. The number of nitro benzene ring substituents is 1. The molecule has 25 heavy (non-hydrogen) atoms. The predicted molar refractivity (Wildman–Crippen MR) is 93.9 cm³/mol. The second kappa shape index (κ2) is 6.71. The molecular weight excluding hydrogens is 324 g/mol. The van der Waals surface area contributed by atoms with Gasteiger partial charge in [-0.15, -0.1) is 0 Å². The van der Waals surface area contributed by atoms with Crippen molar-refractivity contribution in [1.29, 1.82) is 0 Å². The highest BCUT2D eigenvalue weighted by atomic mass is 16.6. The average Bonchev–Trinajstić information content (AvgIpc) is 2.99. The largest absolute Gasteiger partial charge is 0.369 e. The van der Waals surface area contributed by atoms with Crippen LogP contribution in [-0.4, -0.2) is 38.0 Å². The van der Waals surface area contributed by atoms with E-state index in [9.17, 15) is 14.9 Å². The molecule has 0 atom stereocenters. The molecule has 0 aliphatic carbocycles. The van der Waals surface area contributed by atoms with Gasteiger partial charge in [0, 0.05) is 38.6 Å². The summed E-state index contributed by atoms with van der Waals surface area (Å²) < 4.78 is 2.03. The van der Waals surface area contributed by atoms with Crippen molar-refractivity contribution >= 4 is 22.3 Å². The number of benzene rings is 1. The van der Waals surface area contributed by atoms with Crippen LogP contribution in [0.5, 0.6) is 0 Å². The van der Waals surface area contributed by atoms with Crippen LogP contribution in [-0.2, 0) is 6.54 Å². The summed E-state index contributed by atoms with van der Waals surface area (Å²) in [5.74, 6) is 0.933. The molecule has 9 nitrogen and oxygen atoms in total. The van der Waals surface area contributed by atoms with Crippen molar-refractivity contribution in [3.63, 3.8) is 0 Å². The van der Waals surface area contributed by atoms with E-state index in [1.54, 1.807) is 19.3 Å². The van der Waals surface area contributed by atoms with Crippen LogP contribution in [0.15, 0.2) is 35.6 Å². The minimum absolute atomic E-state index is 0.104. The third-order valence-corrected chi connectivity index (χ3v) is 4.16. The normalized spacial score (nSPS) is 11.0. The van der Waals surface area contributed by atoms with E-state index in [1.165, 1.54) is 12.4 Å². The van der Waals surface area contributed by atoms with Crippen LogP contribution in [0.1, 0.15) is 12.2 Å². The Morgan fingerprint density at radius 1 is 1.36 bits per heavy atom. The highest BCUT2D eigenvalue weighted by Gasteiger charge is 2.20. The summed E-state index contributed by atoms with van der Waals surface area (Å²) in [5, 5.41) is 11.6. The monoisotopic (exact) mass is 342 g/mol. The standard InChI is InChI=1S/C16H18N6O3/c1-11-17-4-7-21(11)6-3-5-20(2)14-9-13-12(8-15(14)22(24)25)16(23)19-10-18-13/h4,7-10H,3,5-6H2,1-2H3,(H,18,19,23). The third kappa shape index (κ3) is 3.35.